The zero-order valence-electron chi connectivity index (χ0n) is 14.4. The van der Waals surface area contributed by atoms with Gasteiger partial charge in [-0.1, -0.05) is 6.92 Å². The van der Waals surface area contributed by atoms with Crippen LogP contribution in [0.25, 0.3) is 0 Å². The first-order valence-electron chi connectivity index (χ1n) is 9.34. The van der Waals surface area contributed by atoms with Crippen molar-refractivity contribution in [1.29, 1.82) is 0 Å². The van der Waals surface area contributed by atoms with Crippen molar-refractivity contribution in [3.05, 3.63) is 0 Å². The van der Waals surface area contributed by atoms with E-state index in [0.717, 1.165) is 32.1 Å². The van der Waals surface area contributed by atoms with E-state index in [4.69, 9.17) is 0 Å². The normalized spacial score (nSPS) is 30.5. The van der Waals surface area contributed by atoms with Crippen LogP contribution in [0.2, 0.25) is 0 Å². The number of carboxylic acid groups (broad SMARTS) is 1. The van der Waals surface area contributed by atoms with E-state index >= 15 is 0 Å². The second-order valence-corrected chi connectivity index (χ2v) is 7.54. The highest BCUT2D eigenvalue weighted by Gasteiger charge is 2.48. The summed E-state index contributed by atoms with van der Waals surface area (Å²) in [4.78, 5) is 40.4. The van der Waals surface area contributed by atoms with Gasteiger partial charge in [-0.2, -0.15) is 0 Å². The smallest absolute Gasteiger partial charge is 0.308 e. The molecular formula is C18H28N2O4. The summed E-state index contributed by atoms with van der Waals surface area (Å²) in [6, 6.07) is -0.384. The maximum Gasteiger partial charge on any atom is 0.308 e. The average molecular weight is 336 g/mol. The topological polar surface area (TPSA) is 77.9 Å². The van der Waals surface area contributed by atoms with Gasteiger partial charge in [0, 0.05) is 26.1 Å². The van der Waals surface area contributed by atoms with Crippen molar-refractivity contribution >= 4 is 17.8 Å². The number of rotatable bonds is 5. The van der Waals surface area contributed by atoms with Gasteiger partial charge in [-0.25, -0.2) is 0 Å². The zero-order valence-corrected chi connectivity index (χ0v) is 14.4. The van der Waals surface area contributed by atoms with Crippen LogP contribution in [0, 0.1) is 17.8 Å². The van der Waals surface area contributed by atoms with E-state index in [0.29, 0.717) is 38.4 Å². The van der Waals surface area contributed by atoms with Gasteiger partial charge in [0.2, 0.25) is 11.8 Å². The first-order chi connectivity index (χ1) is 11.5. The fraction of sp³-hybridized carbons (Fsp3) is 0.833. The average Bonchev–Trinajstić information content (AvgIpc) is 3.32. The second kappa shape index (κ2) is 7.11. The summed E-state index contributed by atoms with van der Waals surface area (Å²) in [6.45, 7) is 3.47. The molecule has 1 N–H and O–H groups in total. The van der Waals surface area contributed by atoms with Crippen LogP contribution < -0.4 is 0 Å². The third-order valence-electron chi connectivity index (χ3n) is 5.79. The molecule has 0 aromatic carbocycles. The van der Waals surface area contributed by atoms with E-state index in [1.807, 2.05) is 6.92 Å². The number of hydrogen-bond acceptors (Lipinski definition) is 3. The summed E-state index contributed by atoms with van der Waals surface area (Å²) in [6.07, 6.45) is 6.03. The molecule has 3 rings (SSSR count). The predicted molar refractivity (Wildman–Crippen MR) is 88.2 cm³/mol. The molecule has 6 heteroatoms. The number of likely N-dealkylation sites (tertiary alicyclic amines) is 2. The molecule has 24 heavy (non-hydrogen) atoms. The molecule has 0 aromatic rings. The molecule has 134 valence electrons. The van der Waals surface area contributed by atoms with E-state index in [1.54, 1.807) is 9.80 Å². The van der Waals surface area contributed by atoms with Gasteiger partial charge >= 0.3 is 5.97 Å². The lowest BCUT2D eigenvalue weighted by Crippen LogP contribution is -2.52. The Morgan fingerprint density at radius 1 is 1.08 bits per heavy atom. The predicted octanol–water partition coefficient (Wildman–Crippen LogP) is 1.74. The Kier molecular flexibility index (Phi) is 5.11. The minimum atomic E-state index is -0.787. The molecule has 3 fully saturated rings. The summed E-state index contributed by atoms with van der Waals surface area (Å²) in [5, 5.41) is 9.48. The first kappa shape index (κ1) is 17.2. The fourth-order valence-electron chi connectivity index (χ4n) is 4.33. The van der Waals surface area contributed by atoms with E-state index in [9.17, 15) is 19.5 Å². The van der Waals surface area contributed by atoms with Gasteiger partial charge in [0.05, 0.1) is 5.92 Å². The highest BCUT2D eigenvalue weighted by molar-refractivity contribution is 5.88. The largest absolute Gasteiger partial charge is 0.481 e. The fourth-order valence-corrected chi connectivity index (χ4v) is 4.33. The number of hydrogen-bond donors (Lipinski definition) is 1. The quantitative estimate of drug-likeness (QED) is 0.829. The molecule has 6 nitrogen and oxygen atoms in total. The SMILES string of the molecule is CCCC(=O)N1CCCCC1C(=O)N1C[C@H](C(=O)O)[C@@H](C2CC2)C1. The van der Waals surface area contributed by atoms with Gasteiger partial charge in [-0.15, -0.1) is 0 Å². The molecule has 0 spiro atoms. The third-order valence-corrected chi connectivity index (χ3v) is 5.79. The monoisotopic (exact) mass is 336 g/mol. The molecule has 3 aliphatic rings. The Balaban J connectivity index is 1.70. The molecule has 2 saturated heterocycles. The summed E-state index contributed by atoms with van der Waals surface area (Å²) in [5.41, 5.74) is 0. The lowest BCUT2D eigenvalue weighted by atomic mass is 9.92. The second-order valence-electron chi connectivity index (χ2n) is 7.54. The van der Waals surface area contributed by atoms with Crippen molar-refractivity contribution in [2.75, 3.05) is 19.6 Å². The van der Waals surface area contributed by atoms with Crippen molar-refractivity contribution in [2.24, 2.45) is 17.8 Å². The van der Waals surface area contributed by atoms with Crippen molar-refractivity contribution in [2.45, 2.75) is 57.9 Å². The van der Waals surface area contributed by atoms with Crippen molar-refractivity contribution in [1.82, 2.24) is 9.80 Å². The molecular weight excluding hydrogens is 308 g/mol. The van der Waals surface area contributed by atoms with Crippen LogP contribution in [-0.4, -0.2) is 58.4 Å². The highest BCUT2D eigenvalue weighted by atomic mass is 16.4. The van der Waals surface area contributed by atoms with Gasteiger partial charge in [-0.05, 0) is 50.4 Å². The Morgan fingerprint density at radius 3 is 2.46 bits per heavy atom. The maximum absolute atomic E-state index is 13.0. The van der Waals surface area contributed by atoms with Gasteiger partial charge in [0.25, 0.3) is 0 Å². The summed E-state index contributed by atoms with van der Waals surface area (Å²) < 4.78 is 0. The van der Waals surface area contributed by atoms with Crippen molar-refractivity contribution < 1.29 is 19.5 Å². The number of carboxylic acids is 1. The minimum Gasteiger partial charge on any atom is -0.481 e. The van der Waals surface area contributed by atoms with Gasteiger partial charge in [-0.3, -0.25) is 14.4 Å². The lowest BCUT2D eigenvalue weighted by molar-refractivity contribution is -0.148. The number of carbonyl (C=O) groups excluding carboxylic acids is 2. The molecule has 2 heterocycles. The number of piperidine rings is 1. The Bertz CT molecular complexity index is 517. The van der Waals surface area contributed by atoms with E-state index < -0.39 is 11.9 Å². The first-order valence-corrected chi connectivity index (χ1v) is 9.34. The van der Waals surface area contributed by atoms with Crippen LogP contribution in [0.15, 0.2) is 0 Å². The third kappa shape index (κ3) is 3.42. The van der Waals surface area contributed by atoms with Gasteiger partial charge in [0.15, 0.2) is 0 Å². The highest BCUT2D eigenvalue weighted by Crippen LogP contribution is 2.44. The Labute approximate surface area is 143 Å². The molecule has 1 aliphatic carbocycles. The maximum atomic E-state index is 13.0. The number of nitrogens with zero attached hydrogens (tertiary/aromatic N) is 2. The minimum absolute atomic E-state index is 0.0337. The zero-order chi connectivity index (χ0) is 17.3. The summed E-state index contributed by atoms with van der Waals surface area (Å²) >= 11 is 0. The van der Waals surface area contributed by atoms with E-state index in [1.165, 1.54) is 0 Å². The van der Waals surface area contributed by atoms with Crippen LogP contribution in [0.1, 0.15) is 51.9 Å². The molecule has 2 amide bonds. The van der Waals surface area contributed by atoms with Crippen LogP contribution in [0.3, 0.4) is 0 Å². The Hall–Kier alpha value is -1.59. The molecule has 3 atom stereocenters. The standard InChI is InChI=1S/C18H28N2O4/c1-2-5-16(21)20-9-4-3-6-15(20)17(22)19-10-13(12-7-8-12)14(11-19)18(23)24/h12-15H,2-11H2,1H3,(H,23,24)/t13-,14+,15?/m1/s1. The summed E-state index contributed by atoms with van der Waals surface area (Å²) in [5.74, 6) is -0.644. The van der Waals surface area contributed by atoms with E-state index in [-0.39, 0.29) is 23.8 Å². The van der Waals surface area contributed by atoms with Crippen molar-refractivity contribution in [3.63, 3.8) is 0 Å². The van der Waals surface area contributed by atoms with Crippen LogP contribution in [0.4, 0.5) is 0 Å². The molecule has 0 aromatic heterocycles. The number of amides is 2. The van der Waals surface area contributed by atoms with Crippen LogP contribution >= 0.6 is 0 Å². The van der Waals surface area contributed by atoms with Gasteiger partial charge in [0.1, 0.15) is 6.04 Å². The molecule has 0 bridgehead atoms. The number of aliphatic carboxylic acids is 1. The molecule has 0 radical (unpaired) electrons. The molecule has 1 saturated carbocycles. The van der Waals surface area contributed by atoms with Crippen molar-refractivity contribution in [3.8, 4) is 0 Å². The Morgan fingerprint density at radius 2 is 1.83 bits per heavy atom. The molecule has 1 unspecified atom stereocenters. The van der Waals surface area contributed by atoms with E-state index in [2.05, 4.69) is 0 Å². The van der Waals surface area contributed by atoms with Crippen LogP contribution in [0.5, 0.6) is 0 Å². The summed E-state index contributed by atoms with van der Waals surface area (Å²) in [7, 11) is 0. The lowest BCUT2D eigenvalue weighted by Gasteiger charge is -2.37. The molecule has 2 aliphatic heterocycles. The van der Waals surface area contributed by atoms with Crippen LogP contribution in [-0.2, 0) is 14.4 Å². The number of carbonyl (C=O) groups is 3. The van der Waals surface area contributed by atoms with Gasteiger partial charge < -0.3 is 14.9 Å².